The van der Waals surface area contributed by atoms with Gasteiger partial charge < -0.3 is 0 Å². The van der Waals surface area contributed by atoms with E-state index >= 15 is 0 Å². The SMILES string of the molecule is CC(C)c1cc2cc(C(C)C)c(S(=O)(=O)O)cc2cc1C(C)C. The second-order valence-corrected chi connectivity index (χ2v) is 8.55. The van der Waals surface area contributed by atoms with Gasteiger partial charge in [0.05, 0.1) is 4.90 Å². The topological polar surface area (TPSA) is 54.4 Å². The highest BCUT2D eigenvalue weighted by molar-refractivity contribution is 7.85. The molecular formula is C19H26O3S. The Morgan fingerprint density at radius 2 is 1.04 bits per heavy atom. The minimum atomic E-state index is -4.23. The van der Waals surface area contributed by atoms with Crippen molar-refractivity contribution in [2.24, 2.45) is 0 Å². The molecule has 1 N–H and O–H groups in total. The van der Waals surface area contributed by atoms with E-state index in [0.717, 1.165) is 10.8 Å². The standard InChI is InChI=1S/C19H26O3S/c1-11(2)16-7-14-9-18(13(5)6)19(23(20,21)22)10-15(14)8-17(16)12(3)4/h7-13H,1-6H3,(H,20,21,22). The molecule has 23 heavy (non-hydrogen) atoms. The lowest BCUT2D eigenvalue weighted by atomic mass is 9.87. The van der Waals surface area contributed by atoms with Gasteiger partial charge in [-0.15, -0.1) is 0 Å². The lowest BCUT2D eigenvalue weighted by Crippen LogP contribution is -2.06. The van der Waals surface area contributed by atoms with Crippen molar-refractivity contribution in [3.8, 4) is 0 Å². The average Bonchev–Trinajstić information content (AvgIpc) is 2.43. The summed E-state index contributed by atoms with van der Waals surface area (Å²) in [7, 11) is -4.23. The maximum Gasteiger partial charge on any atom is 0.294 e. The molecule has 0 spiro atoms. The van der Waals surface area contributed by atoms with E-state index in [-0.39, 0.29) is 10.8 Å². The molecule has 0 aliphatic carbocycles. The van der Waals surface area contributed by atoms with Crippen molar-refractivity contribution in [3.63, 3.8) is 0 Å². The first-order valence-corrected chi connectivity index (χ1v) is 9.55. The van der Waals surface area contributed by atoms with Crippen molar-refractivity contribution in [1.82, 2.24) is 0 Å². The van der Waals surface area contributed by atoms with E-state index in [4.69, 9.17) is 0 Å². The molecule has 0 saturated carbocycles. The molecule has 0 saturated heterocycles. The van der Waals surface area contributed by atoms with Gasteiger partial charge in [-0.2, -0.15) is 8.42 Å². The fourth-order valence-corrected chi connectivity index (χ4v) is 3.92. The molecule has 0 heterocycles. The molecule has 0 bridgehead atoms. The first-order valence-electron chi connectivity index (χ1n) is 8.11. The number of rotatable bonds is 4. The molecule has 4 heteroatoms. The van der Waals surface area contributed by atoms with Crippen molar-refractivity contribution in [3.05, 3.63) is 41.0 Å². The van der Waals surface area contributed by atoms with Crippen molar-refractivity contribution in [2.75, 3.05) is 0 Å². The predicted octanol–water partition coefficient (Wildman–Crippen LogP) is 5.46. The van der Waals surface area contributed by atoms with Crippen LogP contribution in [-0.2, 0) is 10.1 Å². The Morgan fingerprint density at radius 3 is 1.39 bits per heavy atom. The molecule has 2 rings (SSSR count). The minimum Gasteiger partial charge on any atom is -0.282 e. The van der Waals surface area contributed by atoms with Gasteiger partial charge >= 0.3 is 0 Å². The van der Waals surface area contributed by atoms with Crippen molar-refractivity contribution in [2.45, 2.75) is 64.2 Å². The quantitative estimate of drug-likeness (QED) is 0.756. The summed E-state index contributed by atoms with van der Waals surface area (Å²) in [5, 5.41) is 1.88. The zero-order valence-electron chi connectivity index (χ0n) is 14.7. The monoisotopic (exact) mass is 334 g/mol. The molecule has 2 aromatic carbocycles. The number of hydrogen-bond donors (Lipinski definition) is 1. The van der Waals surface area contributed by atoms with E-state index in [9.17, 15) is 13.0 Å². The Bertz CT molecular complexity index is 831. The Kier molecular flexibility index (Phi) is 4.88. The molecule has 0 amide bonds. The van der Waals surface area contributed by atoms with Gasteiger partial charge in [0.2, 0.25) is 0 Å². The summed E-state index contributed by atoms with van der Waals surface area (Å²) < 4.78 is 33.1. The molecule has 126 valence electrons. The summed E-state index contributed by atoms with van der Waals surface area (Å²) in [5.74, 6) is 0.778. The normalized spacial score (nSPS) is 12.8. The third-order valence-electron chi connectivity index (χ3n) is 4.31. The highest BCUT2D eigenvalue weighted by atomic mass is 32.2. The van der Waals surface area contributed by atoms with Gasteiger partial charge in [0.15, 0.2) is 0 Å². The van der Waals surface area contributed by atoms with E-state index in [0.29, 0.717) is 17.4 Å². The lowest BCUT2D eigenvalue weighted by molar-refractivity contribution is 0.481. The summed E-state index contributed by atoms with van der Waals surface area (Å²) in [6.07, 6.45) is 0. The maximum atomic E-state index is 11.8. The minimum absolute atomic E-state index is 0.0172. The Labute approximate surface area is 139 Å². The van der Waals surface area contributed by atoms with Gasteiger partial charge in [0, 0.05) is 0 Å². The van der Waals surface area contributed by atoms with Crippen LogP contribution >= 0.6 is 0 Å². The fourth-order valence-electron chi connectivity index (χ4n) is 3.06. The second kappa shape index (κ2) is 6.25. The van der Waals surface area contributed by atoms with E-state index < -0.39 is 10.1 Å². The zero-order chi connectivity index (χ0) is 17.5. The van der Waals surface area contributed by atoms with E-state index in [2.05, 4.69) is 39.8 Å². The number of benzene rings is 2. The molecule has 3 nitrogen and oxygen atoms in total. The van der Waals surface area contributed by atoms with Crippen LogP contribution in [0.2, 0.25) is 0 Å². The lowest BCUT2D eigenvalue weighted by Gasteiger charge is -2.19. The van der Waals surface area contributed by atoms with Gasteiger partial charge in [-0.1, -0.05) is 53.7 Å². The maximum absolute atomic E-state index is 11.8. The first-order chi connectivity index (χ1) is 10.5. The highest BCUT2D eigenvalue weighted by Gasteiger charge is 2.20. The van der Waals surface area contributed by atoms with Crippen LogP contribution in [0.1, 0.15) is 76.0 Å². The predicted molar refractivity (Wildman–Crippen MR) is 96.0 cm³/mol. The molecule has 0 aliphatic heterocycles. The smallest absolute Gasteiger partial charge is 0.282 e. The molecule has 0 atom stereocenters. The Hall–Kier alpha value is -1.39. The van der Waals surface area contributed by atoms with Gasteiger partial charge in [0.25, 0.3) is 10.1 Å². The third kappa shape index (κ3) is 3.59. The van der Waals surface area contributed by atoms with E-state index in [1.807, 2.05) is 19.9 Å². The van der Waals surface area contributed by atoms with Crippen LogP contribution in [0.15, 0.2) is 29.2 Å². The summed E-state index contributed by atoms with van der Waals surface area (Å²) in [4.78, 5) is 0.0204. The number of fused-ring (bicyclic) bond motifs is 1. The van der Waals surface area contributed by atoms with Gasteiger partial charge in [-0.05, 0) is 57.3 Å². The molecule has 2 aromatic rings. The van der Waals surface area contributed by atoms with E-state index in [1.165, 1.54) is 11.1 Å². The Balaban J connectivity index is 2.88. The van der Waals surface area contributed by atoms with Crippen LogP contribution < -0.4 is 0 Å². The van der Waals surface area contributed by atoms with Crippen molar-refractivity contribution < 1.29 is 13.0 Å². The van der Waals surface area contributed by atoms with Gasteiger partial charge in [-0.3, -0.25) is 4.55 Å². The number of hydrogen-bond acceptors (Lipinski definition) is 2. The average molecular weight is 334 g/mol. The second-order valence-electron chi connectivity index (χ2n) is 7.16. The van der Waals surface area contributed by atoms with Crippen LogP contribution in [0.25, 0.3) is 10.8 Å². The summed E-state index contributed by atoms with van der Waals surface area (Å²) in [6.45, 7) is 12.5. The van der Waals surface area contributed by atoms with Gasteiger partial charge in [-0.25, -0.2) is 0 Å². The summed E-state index contributed by atoms with van der Waals surface area (Å²) in [6, 6.07) is 7.73. The molecular weight excluding hydrogens is 308 g/mol. The van der Waals surface area contributed by atoms with E-state index in [1.54, 1.807) is 6.07 Å². The molecule has 0 radical (unpaired) electrons. The molecule has 0 unspecified atom stereocenters. The Morgan fingerprint density at radius 1 is 0.696 bits per heavy atom. The van der Waals surface area contributed by atoms with Crippen LogP contribution in [0.4, 0.5) is 0 Å². The molecule has 0 aromatic heterocycles. The summed E-state index contributed by atoms with van der Waals surface area (Å²) in [5.41, 5.74) is 3.18. The van der Waals surface area contributed by atoms with Crippen LogP contribution in [0, 0.1) is 0 Å². The molecule has 0 aliphatic rings. The highest BCUT2D eigenvalue weighted by Crippen LogP contribution is 2.34. The first kappa shape index (κ1) is 18.0. The van der Waals surface area contributed by atoms with Crippen LogP contribution in [0.3, 0.4) is 0 Å². The third-order valence-corrected chi connectivity index (χ3v) is 5.22. The van der Waals surface area contributed by atoms with Crippen molar-refractivity contribution in [1.29, 1.82) is 0 Å². The largest absolute Gasteiger partial charge is 0.294 e. The van der Waals surface area contributed by atoms with Gasteiger partial charge in [0.1, 0.15) is 0 Å². The molecule has 0 fully saturated rings. The zero-order valence-corrected chi connectivity index (χ0v) is 15.5. The fraction of sp³-hybridized carbons (Fsp3) is 0.474. The summed E-state index contributed by atoms with van der Waals surface area (Å²) >= 11 is 0. The van der Waals surface area contributed by atoms with Crippen LogP contribution in [-0.4, -0.2) is 13.0 Å². The van der Waals surface area contributed by atoms with Crippen LogP contribution in [0.5, 0.6) is 0 Å². The van der Waals surface area contributed by atoms with Crippen molar-refractivity contribution >= 4 is 20.9 Å².